The van der Waals surface area contributed by atoms with Gasteiger partial charge in [-0.3, -0.25) is 14.4 Å². The van der Waals surface area contributed by atoms with Crippen LogP contribution in [0.4, 0.5) is 0 Å². The molecule has 5 unspecified atom stereocenters. The monoisotopic (exact) mass is 544 g/mol. The zero-order valence-electron chi connectivity index (χ0n) is 22.8. The minimum atomic E-state index is -1.18. The van der Waals surface area contributed by atoms with Gasteiger partial charge in [-0.05, 0) is 36.0 Å². The van der Waals surface area contributed by atoms with Gasteiger partial charge in [-0.2, -0.15) is 0 Å². The Labute approximate surface area is 228 Å². The molecule has 0 aliphatic rings. The predicted molar refractivity (Wildman–Crippen MR) is 144 cm³/mol. The number of phenols is 1. The average Bonchev–Trinajstić information content (AvgIpc) is 3.39. The summed E-state index contributed by atoms with van der Waals surface area (Å²) in [5.74, 6) is -3.26. The number of carboxylic acids is 1. The fourth-order valence-electron chi connectivity index (χ4n) is 3.99. The average molecular weight is 545 g/mol. The van der Waals surface area contributed by atoms with Gasteiger partial charge in [0.05, 0.1) is 12.4 Å². The lowest BCUT2D eigenvalue weighted by Crippen LogP contribution is -2.58. The molecule has 39 heavy (non-hydrogen) atoms. The molecule has 8 N–H and O–H groups in total. The first-order valence-electron chi connectivity index (χ1n) is 13.1. The largest absolute Gasteiger partial charge is 0.508 e. The summed E-state index contributed by atoms with van der Waals surface area (Å²) in [7, 11) is 0. The van der Waals surface area contributed by atoms with E-state index < -0.39 is 47.9 Å². The van der Waals surface area contributed by atoms with E-state index in [1.54, 1.807) is 25.3 Å². The van der Waals surface area contributed by atoms with E-state index in [0.29, 0.717) is 17.7 Å². The first-order valence-corrected chi connectivity index (χ1v) is 13.1. The van der Waals surface area contributed by atoms with Crippen LogP contribution in [0.25, 0.3) is 0 Å². The van der Waals surface area contributed by atoms with Gasteiger partial charge in [-0.1, -0.05) is 46.2 Å². The van der Waals surface area contributed by atoms with Gasteiger partial charge in [0.15, 0.2) is 0 Å². The zero-order valence-corrected chi connectivity index (χ0v) is 22.8. The highest BCUT2D eigenvalue weighted by Gasteiger charge is 2.32. The second-order valence-electron chi connectivity index (χ2n) is 10.2. The van der Waals surface area contributed by atoms with E-state index in [-0.39, 0.29) is 36.8 Å². The van der Waals surface area contributed by atoms with Crippen LogP contribution in [0.15, 0.2) is 36.8 Å². The van der Waals surface area contributed by atoms with Gasteiger partial charge in [-0.25, -0.2) is 9.78 Å². The van der Waals surface area contributed by atoms with E-state index in [1.807, 2.05) is 20.8 Å². The summed E-state index contributed by atoms with van der Waals surface area (Å²) in [6, 6.07) is 1.91. The molecule has 0 aliphatic carbocycles. The summed E-state index contributed by atoms with van der Waals surface area (Å²) < 4.78 is 0. The van der Waals surface area contributed by atoms with Gasteiger partial charge in [0.1, 0.15) is 23.9 Å². The van der Waals surface area contributed by atoms with Gasteiger partial charge in [0.2, 0.25) is 17.7 Å². The Bertz CT molecular complexity index is 1090. The zero-order chi connectivity index (χ0) is 29.1. The third kappa shape index (κ3) is 10.0. The van der Waals surface area contributed by atoms with Crippen molar-refractivity contribution in [1.82, 2.24) is 25.9 Å². The van der Waals surface area contributed by atoms with Crippen LogP contribution in [-0.2, 0) is 32.0 Å². The number of benzene rings is 1. The molecule has 0 aliphatic heterocycles. The molecule has 2 aromatic rings. The van der Waals surface area contributed by atoms with Crippen molar-refractivity contribution in [3.05, 3.63) is 48.0 Å². The Morgan fingerprint density at radius 3 is 2.10 bits per heavy atom. The molecule has 0 bridgehead atoms. The molecule has 0 fully saturated rings. The van der Waals surface area contributed by atoms with Crippen molar-refractivity contribution in [2.45, 2.75) is 77.5 Å². The summed E-state index contributed by atoms with van der Waals surface area (Å²) in [5, 5.41) is 27.2. The molecule has 12 nitrogen and oxygen atoms in total. The number of rotatable bonds is 15. The van der Waals surface area contributed by atoms with E-state index in [0.717, 1.165) is 0 Å². The van der Waals surface area contributed by atoms with E-state index in [9.17, 15) is 29.4 Å². The van der Waals surface area contributed by atoms with E-state index >= 15 is 0 Å². The van der Waals surface area contributed by atoms with Crippen molar-refractivity contribution in [2.24, 2.45) is 17.6 Å². The Hall–Kier alpha value is -3.93. The molecule has 3 amide bonds. The molecule has 0 spiro atoms. The Morgan fingerprint density at radius 2 is 1.56 bits per heavy atom. The number of H-pyrrole nitrogens is 1. The van der Waals surface area contributed by atoms with Gasteiger partial charge < -0.3 is 36.9 Å². The fourth-order valence-corrected chi connectivity index (χ4v) is 3.99. The summed E-state index contributed by atoms with van der Waals surface area (Å²) in [6.07, 6.45) is 4.07. The topological polar surface area (TPSA) is 200 Å². The number of nitrogens with two attached hydrogens (primary N) is 1. The maximum absolute atomic E-state index is 13.4. The molecule has 0 radical (unpaired) electrons. The third-order valence-corrected chi connectivity index (χ3v) is 6.46. The standard InChI is InChI=1S/C27H40N6O6/c1-5-16(4)23(27(38)39)33-26(37)22(11-17-6-8-19(34)9-7-17)32-25(36)21(10-15(2)3)31-24(35)20(28)12-18-13-29-14-30-18/h6-9,13-16,20-23,34H,5,10-12,28H2,1-4H3,(H,29,30)(H,31,35)(H,32,36)(H,33,37)(H,38,39). The van der Waals surface area contributed by atoms with Crippen LogP contribution < -0.4 is 21.7 Å². The molecule has 2 rings (SSSR count). The number of aromatic nitrogens is 2. The Morgan fingerprint density at radius 1 is 0.949 bits per heavy atom. The van der Waals surface area contributed by atoms with E-state index in [1.165, 1.54) is 18.5 Å². The number of imidazole rings is 1. The minimum absolute atomic E-state index is 0.0241. The van der Waals surface area contributed by atoms with Crippen molar-refractivity contribution in [2.75, 3.05) is 0 Å². The molecular weight excluding hydrogens is 504 g/mol. The predicted octanol–water partition coefficient (Wildman–Crippen LogP) is 0.859. The minimum Gasteiger partial charge on any atom is -0.508 e. The number of aromatic hydroxyl groups is 1. The number of amides is 3. The molecular formula is C27H40N6O6. The lowest BCUT2D eigenvalue weighted by atomic mass is 9.97. The number of nitrogens with zero attached hydrogens (tertiary/aromatic N) is 1. The van der Waals surface area contributed by atoms with Crippen LogP contribution in [0.5, 0.6) is 5.75 Å². The van der Waals surface area contributed by atoms with Crippen LogP contribution in [-0.4, -0.2) is 68.0 Å². The summed E-state index contributed by atoms with van der Waals surface area (Å²) >= 11 is 0. The molecule has 214 valence electrons. The van der Waals surface area contributed by atoms with Gasteiger partial charge in [-0.15, -0.1) is 0 Å². The highest BCUT2D eigenvalue weighted by Crippen LogP contribution is 2.14. The first kappa shape index (κ1) is 31.3. The van der Waals surface area contributed by atoms with Gasteiger partial charge in [0, 0.05) is 24.7 Å². The summed E-state index contributed by atoms with van der Waals surface area (Å²) in [4.78, 5) is 58.1. The van der Waals surface area contributed by atoms with Crippen LogP contribution in [0.2, 0.25) is 0 Å². The Balaban J connectivity index is 2.23. The van der Waals surface area contributed by atoms with Crippen LogP contribution >= 0.6 is 0 Å². The van der Waals surface area contributed by atoms with Crippen molar-refractivity contribution in [1.29, 1.82) is 0 Å². The Kier molecular flexibility index (Phi) is 11.9. The van der Waals surface area contributed by atoms with Gasteiger partial charge in [0.25, 0.3) is 0 Å². The molecule has 0 saturated carbocycles. The van der Waals surface area contributed by atoms with Crippen molar-refractivity contribution >= 4 is 23.7 Å². The molecule has 12 heteroatoms. The highest BCUT2D eigenvalue weighted by atomic mass is 16.4. The van der Waals surface area contributed by atoms with Crippen LogP contribution in [0.1, 0.15) is 51.8 Å². The maximum atomic E-state index is 13.4. The summed E-state index contributed by atoms with van der Waals surface area (Å²) in [6.45, 7) is 7.31. The molecule has 1 aromatic heterocycles. The molecule has 0 saturated heterocycles. The SMILES string of the molecule is CCC(C)C(NC(=O)C(Cc1ccc(O)cc1)NC(=O)C(CC(C)C)NC(=O)C(N)Cc1cnc[nH]1)C(=O)O. The van der Waals surface area contributed by atoms with E-state index in [4.69, 9.17) is 5.73 Å². The third-order valence-electron chi connectivity index (χ3n) is 6.46. The number of nitrogens with one attached hydrogen (secondary N) is 4. The lowest BCUT2D eigenvalue weighted by Gasteiger charge is -2.27. The van der Waals surface area contributed by atoms with E-state index in [2.05, 4.69) is 25.9 Å². The van der Waals surface area contributed by atoms with Crippen molar-refractivity contribution in [3.8, 4) is 5.75 Å². The van der Waals surface area contributed by atoms with Crippen LogP contribution in [0.3, 0.4) is 0 Å². The summed E-state index contributed by atoms with van der Waals surface area (Å²) in [5.41, 5.74) is 7.35. The van der Waals surface area contributed by atoms with Crippen molar-refractivity contribution in [3.63, 3.8) is 0 Å². The number of aromatic amines is 1. The van der Waals surface area contributed by atoms with Crippen molar-refractivity contribution < 1.29 is 29.4 Å². The molecule has 1 aromatic carbocycles. The number of carbonyl (C=O) groups excluding carboxylic acids is 3. The number of hydrogen-bond acceptors (Lipinski definition) is 7. The highest BCUT2D eigenvalue weighted by molar-refractivity contribution is 5.94. The maximum Gasteiger partial charge on any atom is 0.326 e. The van der Waals surface area contributed by atoms with Gasteiger partial charge >= 0.3 is 5.97 Å². The molecule has 1 heterocycles. The first-order chi connectivity index (χ1) is 18.4. The number of carboxylic acid groups (broad SMARTS) is 1. The number of aliphatic carboxylic acids is 1. The smallest absolute Gasteiger partial charge is 0.326 e. The quantitative estimate of drug-likeness (QED) is 0.171. The second-order valence-corrected chi connectivity index (χ2v) is 10.2. The fraction of sp³-hybridized carbons (Fsp3) is 0.519. The molecule has 5 atom stereocenters. The second kappa shape index (κ2) is 14.9. The number of hydrogen-bond donors (Lipinski definition) is 7. The number of phenolic OH excluding ortho intramolecular Hbond substituents is 1. The number of carbonyl (C=O) groups is 4. The van der Waals surface area contributed by atoms with Crippen LogP contribution in [0, 0.1) is 11.8 Å². The lowest BCUT2D eigenvalue weighted by molar-refractivity contribution is -0.143. The normalized spacial score (nSPS) is 15.0.